The number of aliphatic hydroxyl groups excluding tert-OH is 1. The Morgan fingerprint density at radius 2 is 2.10 bits per heavy atom. The minimum atomic E-state index is -0.428. The van der Waals surface area contributed by atoms with Crippen molar-refractivity contribution in [3.63, 3.8) is 0 Å². The van der Waals surface area contributed by atoms with Crippen LogP contribution in [0.3, 0.4) is 0 Å². The van der Waals surface area contributed by atoms with Crippen LogP contribution >= 0.6 is 0 Å². The number of nitrogens with zero attached hydrogens (tertiary/aromatic N) is 4. The standard InChI is InChI=1S/C14H20N4O3/c1-10(19)16-4-2-5-18-11(8-16)7-13(15-18)14(21)17-6-3-12(20)9-17/h7,12,20H,2-6,8-9H2,1H3. The molecule has 2 aliphatic rings. The molecule has 0 spiro atoms. The van der Waals surface area contributed by atoms with E-state index in [2.05, 4.69) is 5.10 Å². The van der Waals surface area contributed by atoms with E-state index in [1.54, 1.807) is 22.8 Å². The maximum absolute atomic E-state index is 12.4. The molecule has 1 fully saturated rings. The second kappa shape index (κ2) is 5.48. The molecule has 0 saturated carbocycles. The lowest BCUT2D eigenvalue weighted by molar-refractivity contribution is -0.129. The molecule has 2 aliphatic heterocycles. The minimum Gasteiger partial charge on any atom is -0.391 e. The van der Waals surface area contributed by atoms with E-state index in [0.717, 1.165) is 25.2 Å². The van der Waals surface area contributed by atoms with Crippen LogP contribution in [0, 0.1) is 0 Å². The van der Waals surface area contributed by atoms with Gasteiger partial charge in [0, 0.05) is 33.1 Å². The van der Waals surface area contributed by atoms with Crippen LogP contribution in [-0.2, 0) is 17.9 Å². The first kappa shape index (κ1) is 14.1. The highest BCUT2D eigenvalue weighted by Gasteiger charge is 2.28. The molecule has 1 aromatic rings. The summed E-state index contributed by atoms with van der Waals surface area (Å²) in [7, 11) is 0. The molecule has 3 rings (SSSR count). The van der Waals surface area contributed by atoms with E-state index in [-0.39, 0.29) is 11.8 Å². The summed E-state index contributed by atoms with van der Waals surface area (Å²) in [6.45, 7) is 4.44. The number of aryl methyl sites for hydroxylation is 1. The summed E-state index contributed by atoms with van der Waals surface area (Å²) >= 11 is 0. The number of β-amino-alcohol motifs (C(OH)–C–C–N with tert-alkyl or cyclic N) is 1. The van der Waals surface area contributed by atoms with Gasteiger partial charge in [0.15, 0.2) is 5.69 Å². The maximum atomic E-state index is 12.4. The van der Waals surface area contributed by atoms with Gasteiger partial charge in [-0.2, -0.15) is 5.10 Å². The number of hydrogen-bond acceptors (Lipinski definition) is 4. The van der Waals surface area contributed by atoms with Gasteiger partial charge >= 0.3 is 0 Å². The third kappa shape index (κ3) is 2.78. The first-order chi connectivity index (χ1) is 10.0. The molecular weight excluding hydrogens is 272 g/mol. The van der Waals surface area contributed by atoms with Crippen LogP contribution in [-0.4, -0.2) is 62.2 Å². The van der Waals surface area contributed by atoms with E-state index in [4.69, 9.17) is 0 Å². The maximum Gasteiger partial charge on any atom is 0.274 e. The summed E-state index contributed by atoms with van der Waals surface area (Å²) < 4.78 is 1.82. The summed E-state index contributed by atoms with van der Waals surface area (Å²) in [5, 5.41) is 13.9. The SMILES string of the molecule is CC(=O)N1CCCn2nc(C(=O)N3CCC(O)C3)cc2C1. The highest BCUT2D eigenvalue weighted by molar-refractivity contribution is 5.92. The van der Waals surface area contributed by atoms with Gasteiger partial charge < -0.3 is 14.9 Å². The van der Waals surface area contributed by atoms with Gasteiger partial charge in [-0.3, -0.25) is 14.3 Å². The first-order valence-corrected chi connectivity index (χ1v) is 7.34. The highest BCUT2D eigenvalue weighted by atomic mass is 16.3. The Morgan fingerprint density at radius 1 is 1.29 bits per heavy atom. The Morgan fingerprint density at radius 3 is 2.76 bits per heavy atom. The number of hydrogen-bond donors (Lipinski definition) is 1. The number of carbonyl (C=O) groups is 2. The van der Waals surface area contributed by atoms with Crippen molar-refractivity contribution in [1.82, 2.24) is 19.6 Å². The van der Waals surface area contributed by atoms with Crippen LogP contribution < -0.4 is 0 Å². The molecular formula is C14H20N4O3. The van der Waals surface area contributed by atoms with Crippen LogP contribution in [0.25, 0.3) is 0 Å². The van der Waals surface area contributed by atoms with Crippen molar-refractivity contribution in [3.05, 3.63) is 17.5 Å². The second-order valence-corrected chi connectivity index (χ2v) is 5.73. The zero-order chi connectivity index (χ0) is 15.0. The van der Waals surface area contributed by atoms with Gasteiger partial charge in [0.25, 0.3) is 5.91 Å². The van der Waals surface area contributed by atoms with Crippen LogP contribution in [0.4, 0.5) is 0 Å². The summed E-state index contributed by atoms with van der Waals surface area (Å²) in [4.78, 5) is 27.3. The number of carbonyl (C=O) groups excluding carboxylic acids is 2. The molecule has 1 aromatic heterocycles. The zero-order valence-electron chi connectivity index (χ0n) is 12.2. The summed E-state index contributed by atoms with van der Waals surface area (Å²) in [6.07, 6.45) is 1.03. The number of aliphatic hydroxyl groups is 1. The molecule has 21 heavy (non-hydrogen) atoms. The zero-order valence-corrected chi connectivity index (χ0v) is 12.2. The van der Waals surface area contributed by atoms with Crippen molar-refractivity contribution in [2.24, 2.45) is 0 Å². The Balaban J connectivity index is 1.79. The van der Waals surface area contributed by atoms with E-state index in [1.165, 1.54) is 0 Å². The van der Waals surface area contributed by atoms with Gasteiger partial charge in [0.2, 0.25) is 5.91 Å². The van der Waals surface area contributed by atoms with Crippen LogP contribution in [0.2, 0.25) is 0 Å². The van der Waals surface area contributed by atoms with Crippen molar-refractivity contribution in [3.8, 4) is 0 Å². The number of rotatable bonds is 1. The first-order valence-electron chi connectivity index (χ1n) is 7.34. The van der Waals surface area contributed by atoms with Crippen LogP contribution in [0.15, 0.2) is 6.07 Å². The fourth-order valence-corrected chi connectivity index (χ4v) is 2.92. The van der Waals surface area contributed by atoms with Crippen molar-refractivity contribution in [2.45, 2.75) is 39.0 Å². The molecule has 0 aromatic carbocycles. The summed E-state index contributed by atoms with van der Waals surface area (Å²) in [5.41, 5.74) is 1.30. The van der Waals surface area contributed by atoms with E-state index < -0.39 is 6.10 Å². The Hall–Kier alpha value is -1.89. The Bertz CT molecular complexity index is 569. The van der Waals surface area contributed by atoms with Crippen molar-refractivity contribution in [1.29, 1.82) is 0 Å². The lowest BCUT2D eigenvalue weighted by atomic mass is 10.3. The average Bonchev–Trinajstić information content (AvgIpc) is 2.99. The number of likely N-dealkylation sites (tertiary alicyclic amines) is 1. The van der Waals surface area contributed by atoms with Crippen molar-refractivity contribution >= 4 is 11.8 Å². The number of fused-ring (bicyclic) bond motifs is 1. The fraction of sp³-hybridized carbons (Fsp3) is 0.643. The third-order valence-electron chi connectivity index (χ3n) is 4.13. The highest BCUT2D eigenvalue weighted by Crippen LogP contribution is 2.17. The van der Waals surface area contributed by atoms with Gasteiger partial charge in [-0.25, -0.2) is 0 Å². The smallest absolute Gasteiger partial charge is 0.274 e. The molecule has 1 unspecified atom stereocenters. The van der Waals surface area contributed by atoms with Gasteiger partial charge in [-0.05, 0) is 18.9 Å². The quantitative estimate of drug-likeness (QED) is 0.780. The van der Waals surface area contributed by atoms with E-state index >= 15 is 0 Å². The molecule has 1 saturated heterocycles. The predicted molar refractivity (Wildman–Crippen MR) is 74.5 cm³/mol. The van der Waals surface area contributed by atoms with Gasteiger partial charge in [0.1, 0.15) is 0 Å². The molecule has 114 valence electrons. The lowest BCUT2D eigenvalue weighted by Crippen LogP contribution is -2.30. The van der Waals surface area contributed by atoms with Gasteiger partial charge in [-0.15, -0.1) is 0 Å². The number of aromatic nitrogens is 2. The molecule has 0 radical (unpaired) electrons. The average molecular weight is 292 g/mol. The van der Waals surface area contributed by atoms with Crippen molar-refractivity contribution in [2.75, 3.05) is 19.6 Å². The summed E-state index contributed by atoms with van der Waals surface area (Å²) in [5.74, 6) is -0.0957. The van der Waals surface area contributed by atoms with E-state index in [0.29, 0.717) is 31.7 Å². The topological polar surface area (TPSA) is 78.7 Å². The van der Waals surface area contributed by atoms with Crippen LogP contribution in [0.5, 0.6) is 0 Å². The normalized spacial score (nSPS) is 22.1. The fourth-order valence-electron chi connectivity index (χ4n) is 2.92. The largest absolute Gasteiger partial charge is 0.391 e. The van der Waals surface area contributed by atoms with E-state index in [9.17, 15) is 14.7 Å². The molecule has 3 heterocycles. The second-order valence-electron chi connectivity index (χ2n) is 5.73. The molecule has 2 amide bonds. The monoisotopic (exact) mass is 292 g/mol. The minimum absolute atomic E-state index is 0.0418. The van der Waals surface area contributed by atoms with E-state index in [1.807, 2.05) is 4.68 Å². The predicted octanol–water partition coefficient (Wildman–Crippen LogP) is -0.158. The van der Waals surface area contributed by atoms with Crippen molar-refractivity contribution < 1.29 is 14.7 Å². The molecule has 0 bridgehead atoms. The molecule has 7 nitrogen and oxygen atoms in total. The summed E-state index contributed by atoms with van der Waals surface area (Å²) in [6, 6.07) is 1.77. The van der Waals surface area contributed by atoms with Gasteiger partial charge in [0.05, 0.1) is 18.3 Å². The third-order valence-corrected chi connectivity index (χ3v) is 4.13. The lowest BCUT2D eigenvalue weighted by Gasteiger charge is -2.17. The number of amides is 2. The Kier molecular flexibility index (Phi) is 3.67. The molecule has 1 N–H and O–H groups in total. The molecule has 0 aliphatic carbocycles. The molecule has 7 heteroatoms. The van der Waals surface area contributed by atoms with Gasteiger partial charge in [-0.1, -0.05) is 0 Å². The Labute approximate surface area is 123 Å². The van der Waals surface area contributed by atoms with Crippen LogP contribution in [0.1, 0.15) is 35.9 Å². The molecule has 1 atom stereocenters.